The van der Waals surface area contributed by atoms with E-state index in [1.165, 1.54) is 19.1 Å². The Bertz CT molecular complexity index is 346. The topological polar surface area (TPSA) is 62.5 Å². The van der Waals surface area contributed by atoms with Crippen LogP contribution in [-0.2, 0) is 9.53 Å². The standard InChI is InChI=1S/C14H22N2O2/c1-4-18-14(17)12(8-15)9-16-13-7-5-6-10(2)11(13)3/h9-13H,4-7H2,1-3H3/t10-,11-,12-,13+/m0/s1. The van der Waals surface area contributed by atoms with Crippen molar-refractivity contribution < 1.29 is 9.53 Å². The number of esters is 1. The quantitative estimate of drug-likeness (QED) is 0.569. The molecular weight excluding hydrogens is 228 g/mol. The number of nitriles is 1. The highest BCUT2D eigenvalue weighted by Gasteiger charge is 2.27. The number of carbonyl (C=O) groups is 1. The molecule has 18 heavy (non-hydrogen) atoms. The van der Waals surface area contributed by atoms with Crippen LogP contribution in [0.3, 0.4) is 0 Å². The molecule has 0 radical (unpaired) electrons. The predicted molar refractivity (Wildman–Crippen MR) is 70.2 cm³/mol. The molecule has 0 aromatic carbocycles. The van der Waals surface area contributed by atoms with Gasteiger partial charge < -0.3 is 4.74 Å². The first-order chi connectivity index (χ1) is 8.60. The van der Waals surface area contributed by atoms with Crippen LogP contribution in [-0.4, -0.2) is 24.8 Å². The molecule has 0 amide bonds. The van der Waals surface area contributed by atoms with Crippen LogP contribution in [0, 0.1) is 29.1 Å². The molecule has 0 saturated heterocycles. The van der Waals surface area contributed by atoms with Crippen LogP contribution < -0.4 is 0 Å². The molecule has 1 aliphatic carbocycles. The van der Waals surface area contributed by atoms with Gasteiger partial charge in [0.25, 0.3) is 0 Å². The summed E-state index contributed by atoms with van der Waals surface area (Å²) >= 11 is 0. The molecule has 0 heterocycles. The average molecular weight is 250 g/mol. The maximum Gasteiger partial charge on any atom is 0.328 e. The Labute approximate surface area is 109 Å². The lowest BCUT2D eigenvalue weighted by atomic mass is 9.78. The highest BCUT2D eigenvalue weighted by molar-refractivity contribution is 5.92. The van der Waals surface area contributed by atoms with Gasteiger partial charge in [0.1, 0.15) is 0 Å². The van der Waals surface area contributed by atoms with Gasteiger partial charge in [0.2, 0.25) is 0 Å². The molecule has 0 aliphatic heterocycles. The monoisotopic (exact) mass is 250 g/mol. The molecule has 4 nitrogen and oxygen atoms in total. The van der Waals surface area contributed by atoms with Crippen LogP contribution in [0.5, 0.6) is 0 Å². The molecule has 0 bridgehead atoms. The van der Waals surface area contributed by atoms with E-state index in [1.54, 1.807) is 6.92 Å². The van der Waals surface area contributed by atoms with Crippen LogP contribution in [0.15, 0.2) is 4.99 Å². The second-order valence-electron chi connectivity index (χ2n) is 4.99. The minimum absolute atomic E-state index is 0.235. The summed E-state index contributed by atoms with van der Waals surface area (Å²) in [5.74, 6) is -0.199. The summed E-state index contributed by atoms with van der Waals surface area (Å²) in [5, 5.41) is 8.93. The van der Waals surface area contributed by atoms with E-state index < -0.39 is 11.9 Å². The summed E-state index contributed by atoms with van der Waals surface area (Å²) in [6.07, 6.45) is 4.93. The molecule has 1 fully saturated rings. The van der Waals surface area contributed by atoms with Crippen molar-refractivity contribution in [1.29, 1.82) is 5.26 Å². The van der Waals surface area contributed by atoms with Crippen LogP contribution in [0.4, 0.5) is 0 Å². The maximum absolute atomic E-state index is 11.5. The van der Waals surface area contributed by atoms with E-state index in [-0.39, 0.29) is 6.04 Å². The fourth-order valence-electron chi connectivity index (χ4n) is 2.34. The van der Waals surface area contributed by atoms with Crippen LogP contribution >= 0.6 is 0 Å². The summed E-state index contributed by atoms with van der Waals surface area (Å²) in [6.45, 7) is 6.45. The van der Waals surface area contributed by atoms with Gasteiger partial charge in [0.15, 0.2) is 5.92 Å². The number of hydrogen-bond acceptors (Lipinski definition) is 4. The third-order valence-electron chi connectivity index (χ3n) is 3.77. The number of aliphatic imine (C=N–C) groups is 1. The van der Waals surface area contributed by atoms with Gasteiger partial charge in [-0.3, -0.25) is 9.79 Å². The first-order valence-electron chi connectivity index (χ1n) is 6.69. The van der Waals surface area contributed by atoms with E-state index in [2.05, 4.69) is 18.8 Å². The third-order valence-corrected chi connectivity index (χ3v) is 3.77. The lowest BCUT2D eigenvalue weighted by molar-refractivity contribution is -0.143. The van der Waals surface area contributed by atoms with Crippen molar-refractivity contribution in [2.24, 2.45) is 22.7 Å². The van der Waals surface area contributed by atoms with E-state index in [0.717, 1.165) is 6.42 Å². The van der Waals surface area contributed by atoms with Crippen molar-refractivity contribution >= 4 is 12.2 Å². The zero-order chi connectivity index (χ0) is 13.5. The number of ether oxygens (including phenoxy) is 1. The van der Waals surface area contributed by atoms with Crippen molar-refractivity contribution in [1.82, 2.24) is 0 Å². The molecule has 0 spiro atoms. The minimum Gasteiger partial charge on any atom is -0.465 e. The normalized spacial score (nSPS) is 29.8. The van der Waals surface area contributed by atoms with E-state index in [0.29, 0.717) is 18.4 Å². The largest absolute Gasteiger partial charge is 0.465 e. The molecule has 100 valence electrons. The van der Waals surface area contributed by atoms with E-state index in [4.69, 9.17) is 10.00 Å². The molecule has 4 heteroatoms. The van der Waals surface area contributed by atoms with Crippen molar-refractivity contribution in [3.63, 3.8) is 0 Å². The Morgan fingerprint density at radius 3 is 2.89 bits per heavy atom. The fourth-order valence-corrected chi connectivity index (χ4v) is 2.34. The van der Waals surface area contributed by atoms with Gasteiger partial charge >= 0.3 is 5.97 Å². The van der Waals surface area contributed by atoms with Gasteiger partial charge in [0.05, 0.1) is 18.7 Å². The number of hydrogen-bond donors (Lipinski definition) is 0. The summed E-state index contributed by atoms with van der Waals surface area (Å²) in [4.78, 5) is 15.9. The third kappa shape index (κ3) is 3.83. The van der Waals surface area contributed by atoms with Gasteiger partial charge in [-0.15, -0.1) is 0 Å². The van der Waals surface area contributed by atoms with Crippen LogP contribution in [0.1, 0.15) is 40.0 Å². The Hall–Kier alpha value is -1.37. The number of nitrogens with zero attached hydrogens (tertiary/aromatic N) is 2. The second-order valence-corrected chi connectivity index (χ2v) is 4.99. The maximum atomic E-state index is 11.5. The number of carbonyl (C=O) groups excluding carboxylic acids is 1. The lowest BCUT2D eigenvalue weighted by Crippen LogP contribution is -2.28. The Kier molecular flexibility index (Phi) is 5.84. The predicted octanol–water partition coefficient (Wildman–Crippen LogP) is 2.58. The first kappa shape index (κ1) is 14.7. The smallest absolute Gasteiger partial charge is 0.328 e. The fraction of sp³-hybridized carbons (Fsp3) is 0.786. The molecule has 1 rings (SSSR count). The minimum atomic E-state index is -0.866. The molecule has 0 aromatic heterocycles. The highest BCUT2D eigenvalue weighted by atomic mass is 16.5. The average Bonchev–Trinajstić information content (AvgIpc) is 2.35. The SMILES string of the molecule is CCOC(=O)[C@@H](C#N)C=N[C@@H]1CCC[C@H](C)[C@@H]1C. The van der Waals surface area contributed by atoms with E-state index in [1.807, 2.05) is 6.07 Å². The summed E-state index contributed by atoms with van der Waals surface area (Å²) in [7, 11) is 0. The van der Waals surface area contributed by atoms with Gasteiger partial charge in [0, 0.05) is 6.21 Å². The van der Waals surface area contributed by atoms with Gasteiger partial charge in [-0.1, -0.05) is 26.7 Å². The molecule has 1 saturated carbocycles. The Morgan fingerprint density at radius 2 is 2.28 bits per heavy atom. The second kappa shape index (κ2) is 7.15. The van der Waals surface area contributed by atoms with Crippen LogP contribution in [0.25, 0.3) is 0 Å². The molecule has 1 aliphatic rings. The summed E-state index contributed by atoms with van der Waals surface area (Å²) < 4.78 is 4.83. The molecular formula is C14H22N2O2. The van der Waals surface area contributed by atoms with Gasteiger partial charge in [-0.05, 0) is 25.2 Å². The molecule has 0 aromatic rings. The van der Waals surface area contributed by atoms with Crippen molar-refractivity contribution in [2.75, 3.05) is 6.61 Å². The van der Waals surface area contributed by atoms with E-state index >= 15 is 0 Å². The molecule has 0 N–H and O–H groups in total. The van der Waals surface area contributed by atoms with E-state index in [9.17, 15) is 4.79 Å². The molecule has 4 atom stereocenters. The summed E-state index contributed by atoms with van der Waals surface area (Å²) in [5.41, 5.74) is 0. The van der Waals surface area contributed by atoms with Crippen LogP contribution in [0.2, 0.25) is 0 Å². The Balaban J connectivity index is 2.61. The zero-order valence-corrected chi connectivity index (χ0v) is 11.4. The van der Waals surface area contributed by atoms with Crippen molar-refractivity contribution in [3.8, 4) is 6.07 Å². The van der Waals surface area contributed by atoms with Crippen molar-refractivity contribution in [2.45, 2.75) is 46.1 Å². The zero-order valence-electron chi connectivity index (χ0n) is 11.4. The Morgan fingerprint density at radius 1 is 1.56 bits per heavy atom. The van der Waals surface area contributed by atoms with Gasteiger partial charge in [-0.2, -0.15) is 5.26 Å². The molecule has 0 unspecified atom stereocenters. The highest BCUT2D eigenvalue weighted by Crippen LogP contribution is 2.31. The number of rotatable bonds is 4. The first-order valence-corrected chi connectivity index (χ1v) is 6.69. The summed E-state index contributed by atoms with van der Waals surface area (Å²) in [6, 6.07) is 2.16. The van der Waals surface area contributed by atoms with Gasteiger partial charge in [-0.25, -0.2) is 0 Å². The lowest BCUT2D eigenvalue weighted by Gasteiger charge is -2.31. The van der Waals surface area contributed by atoms with Crippen molar-refractivity contribution in [3.05, 3.63) is 0 Å².